The zero-order chi connectivity index (χ0) is 18.7. The second-order valence-electron chi connectivity index (χ2n) is 9.57. The van der Waals surface area contributed by atoms with Crippen LogP contribution in [0.5, 0.6) is 0 Å². The number of hydrogen-bond donors (Lipinski definition) is 1. The molecule has 4 aliphatic carbocycles. The minimum absolute atomic E-state index is 0.0459. The molecule has 0 aliphatic heterocycles. The van der Waals surface area contributed by atoms with Crippen molar-refractivity contribution in [1.82, 2.24) is 0 Å². The standard InChI is InChI=1S/C22H32O4/c1-4-19(25)26-18-8-7-16-15-6-5-13-11-14(23)9-10-21(13,2)20(15)17(24)12-22(16,18)3/h11,15-18,20,24H,4-10,12H2,1-3H3/t15?,16?,17-,18-,20?,21?,22?/m0/s1. The van der Waals surface area contributed by atoms with Gasteiger partial charge >= 0.3 is 5.97 Å². The molecular weight excluding hydrogens is 328 g/mol. The number of aliphatic hydroxyl groups excluding tert-OH is 1. The van der Waals surface area contributed by atoms with Gasteiger partial charge < -0.3 is 9.84 Å². The molecule has 4 aliphatic rings. The molecule has 7 atom stereocenters. The number of ketones is 1. The lowest BCUT2D eigenvalue weighted by molar-refractivity contribution is -0.170. The molecule has 0 bridgehead atoms. The molecule has 0 aromatic carbocycles. The molecule has 4 rings (SSSR count). The predicted octanol–water partition coefficient (Wildman–Crippen LogP) is 3.81. The topological polar surface area (TPSA) is 63.6 Å². The van der Waals surface area contributed by atoms with Gasteiger partial charge in [-0.1, -0.05) is 26.3 Å². The van der Waals surface area contributed by atoms with Crippen LogP contribution in [-0.4, -0.2) is 29.1 Å². The summed E-state index contributed by atoms with van der Waals surface area (Å²) in [7, 11) is 0. The van der Waals surface area contributed by atoms with Gasteiger partial charge in [-0.05, 0) is 67.8 Å². The van der Waals surface area contributed by atoms with E-state index in [2.05, 4.69) is 13.8 Å². The SMILES string of the molecule is CCC(=O)O[C@H]1CCC2C3CCC4=CC(=O)CCC4(C)C3[C@@H](O)CC21C. The van der Waals surface area contributed by atoms with E-state index < -0.39 is 0 Å². The van der Waals surface area contributed by atoms with Gasteiger partial charge in [0.2, 0.25) is 0 Å². The molecule has 0 saturated heterocycles. The molecule has 0 aromatic rings. The Kier molecular flexibility index (Phi) is 4.33. The van der Waals surface area contributed by atoms with Gasteiger partial charge in [-0.25, -0.2) is 0 Å². The number of carbonyl (C=O) groups excluding carboxylic acids is 2. The summed E-state index contributed by atoms with van der Waals surface area (Å²) in [6.07, 6.45) is 8.04. The highest BCUT2D eigenvalue weighted by atomic mass is 16.5. The van der Waals surface area contributed by atoms with E-state index in [0.29, 0.717) is 31.1 Å². The molecule has 144 valence electrons. The van der Waals surface area contributed by atoms with Crippen molar-refractivity contribution in [2.45, 2.75) is 84.3 Å². The summed E-state index contributed by atoms with van der Waals surface area (Å²) in [5.74, 6) is 1.32. The Morgan fingerprint density at radius 1 is 1.27 bits per heavy atom. The zero-order valence-electron chi connectivity index (χ0n) is 16.3. The van der Waals surface area contributed by atoms with Crippen LogP contribution in [0.2, 0.25) is 0 Å². The van der Waals surface area contributed by atoms with Crippen LogP contribution in [-0.2, 0) is 14.3 Å². The van der Waals surface area contributed by atoms with E-state index in [9.17, 15) is 14.7 Å². The molecule has 0 heterocycles. The third-order valence-electron chi connectivity index (χ3n) is 8.37. The van der Waals surface area contributed by atoms with Crippen molar-refractivity contribution in [3.63, 3.8) is 0 Å². The Balaban J connectivity index is 1.64. The lowest BCUT2D eigenvalue weighted by Gasteiger charge is -2.59. The van der Waals surface area contributed by atoms with Crippen LogP contribution in [0.1, 0.15) is 72.1 Å². The van der Waals surface area contributed by atoms with Crippen LogP contribution in [0.15, 0.2) is 11.6 Å². The lowest BCUT2D eigenvalue weighted by atomic mass is 9.46. The van der Waals surface area contributed by atoms with E-state index in [1.165, 1.54) is 5.57 Å². The van der Waals surface area contributed by atoms with Crippen LogP contribution in [0.4, 0.5) is 0 Å². The van der Waals surface area contributed by atoms with E-state index >= 15 is 0 Å². The van der Waals surface area contributed by atoms with Crippen molar-refractivity contribution in [3.8, 4) is 0 Å². The average molecular weight is 360 g/mol. The van der Waals surface area contributed by atoms with Gasteiger partial charge in [-0.3, -0.25) is 9.59 Å². The van der Waals surface area contributed by atoms with E-state index in [-0.39, 0.29) is 40.7 Å². The third-order valence-corrected chi connectivity index (χ3v) is 8.37. The smallest absolute Gasteiger partial charge is 0.305 e. The summed E-state index contributed by atoms with van der Waals surface area (Å²) in [6.45, 7) is 6.34. The number of carbonyl (C=O) groups is 2. The summed E-state index contributed by atoms with van der Waals surface area (Å²) in [6, 6.07) is 0. The molecule has 26 heavy (non-hydrogen) atoms. The first-order valence-corrected chi connectivity index (χ1v) is 10.4. The molecule has 3 fully saturated rings. The van der Waals surface area contributed by atoms with E-state index in [4.69, 9.17) is 4.74 Å². The second-order valence-corrected chi connectivity index (χ2v) is 9.57. The third kappa shape index (κ3) is 2.51. The molecule has 0 radical (unpaired) electrons. The van der Waals surface area contributed by atoms with Gasteiger partial charge in [-0.2, -0.15) is 0 Å². The Bertz CT molecular complexity index is 653. The van der Waals surface area contributed by atoms with Crippen molar-refractivity contribution in [2.24, 2.45) is 28.6 Å². The number of fused-ring (bicyclic) bond motifs is 5. The fourth-order valence-corrected chi connectivity index (χ4v) is 7.08. The van der Waals surface area contributed by atoms with Crippen molar-refractivity contribution < 1.29 is 19.4 Å². The van der Waals surface area contributed by atoms with Crippen LogP contribution in [0, 0.1) is 28.6 Å². The highest BCUT2D eigenvalue weighted by molar-refractivity contribution is 5.91. The quantitative estimate of drug-likeness (QED) is 0.761. The van der Waals surface area contributed by atoms with Gasteiger partial charge in [0.15, 0.2) is 5.78 Å². The zero-order valence-corrected chi connectivity index (χ0v) is 16.3. The highest BCUT2D eigenvalue weighted by Crippen LogP contribution is 2.65. The average Bonchev–Trinajstić information content (AvgIpc) is 2.91. The predicted molar refractivity (Wildman–Crippen MR) is 98.3 cm³/mol. The highest BCUT2D eigenvalue weighted by Gasteiger charge is 2.62. The van der Waals surface area contributed by atoms with E-state index in [0.717, 1.165) is 32.1 Å². The first-order chi connectivity index (χ1) is 12.3. The monoisotopic (exact) mass is 360 g/mol. The first kappa shape index (κ1) is 18.2. The van der Waals surface area contributed by atoms with E-state index in [1.807, 2.05) is 13.0 Å². The number of rotatable bonds is 2. The van der Waals surface area contributed by atoms with Crippen molar-refractivity contribution in [1.29, 1.82) is 0 Å². The maximum absolute atomic E-state index is 11.9. The van der Waals surface area contributed by atoms with Crippen LogP contribution in [0.25, 0.3) is 0 Å². The largest absolute Gasteiger partial charge is 0.462 e. The maximum atomic E-state index is 11.9. The molecule has 0 amide bonds. The molecule has 0 aromatic heterocycles. The molecule has 0 spiro atoms. The number of esters is 1. The number of aliphatic hydroxyl groups is 1. The summed E-state index contributed by atoms with van der Waals surface area (Å²) < 4.78 is 5.80. The normalized spacial score (nSPS) is 47.5. The molecule has 1 N–H and O–H groups in total. The maximum Gasteiger partial charge on any atom is 0.305 e. The van der Waals surface area contributed by atoms with E-state index in [1.54, 1.807) is 0 Å². The molecule has 5 unspecified atom stereocenters. The number of hydrogen-bond acceptors (Lipinski definition) is 4. The van der Waals surface area contributed by atoms with Gasteiger partial charge in [0.25, 0.3) is 0 Å². The van der Waals surface area contributed by atoms with Gasteiger partial charge in [0.1, 0.15) is 6.10 Å². The summed E-state index contributed by atoms with van der Waals surface area (Å²) in [4.78, 5) is 23.8. The Labute approximate surface area is 156 Å². The van der Waals surface area contributed by atoms with Crippen molar-refractivity contribution >= 4 is 11.8 Å². The summed E-state index contributed by atoms with van der Waals surface area (Å²) >= 11 is 0. The Morgan fingerprint density at radius 2 is 2.04 bits per heavy atom. The molecule has 3 saturated carbocycles. The van der Waals surface area contributed by atoms with Crippen molar-refractivity contribution in [2.75, 3.05) is 0 Å². The number of ether oxygens (including phenoxy) is 1. The van der Waals surface area contributed by atoms with Gasteiger partial charge in [0, 0.05) is 18.3 Å². The Hall–Kier alpha value is -1.16. The lowest BCUT2D eigenvalue weighted by Crippen LogP contribution is -2.57. The second kappa shape index (κ2) is 6.19. The number of allylic oxidation sites excluding steroid dienone is 1. The summed E-state index contributed by atoms with van der Waals surface area (Å²) in [5.41, 5.74) is 1.10. The molecule has 4 heteroatoms. The van der Waals surface area contributed by atoms with Crippen LogP contribution in [0.3, 0.4) is 0 Å². The fraction of sp³-hybridized carbons (Fsp3) is 0.818. The molecule has 4 nitrogen and oxygen atoms in total. The van der Waals surface area contributed by atoms with Crippen LogP contribution < -0.4 is 0 Å². The fourth-order valence-electron chi connectivity index (χ4n) is 7.08. The Morgan fingerprint density at radius 3 is 2.77 bits per heavy atom. The van der Waals surface area contributed by atoms with Gasteiger partial charge in [0.05, 0.1) is 6.10 Å². The van der Waals surface area contributed by atoms with Gasteiger partial charge in [-0.15, -0.1) is 0 Å². The van der Waals surface area contributed by atoms with Crippen molar-refractivity contribution in [3.05, 3.63) is 11.6 Å². The first-order valence-electron chi connectivity index (χ1n) is 10.4. The summed E-state index contributed by atoms with van der Waals surface area (Å²) in [5, 5.41) is 11.2. The minimum atomic E-state index is -0.385. The van der Waals surface area contributed by atoms with Crippen LogP contribution >= 0.6 is 0 Å². The minimum Gasteiger partial charge on any atom is -0.462 e. The molecular formula is C22H32O4.